The van der Waals surface area contributed by atoms with Crippen molar-refractivity contribution in [2.75, 3.05) is 0 Å². The first-order chi connectivity index (χ1) is 7.22. The Morgan fingerprint density at radius 3 is 2.87 bits per heavy atom. The lowest BCUT2D eigenvalue weighted by Crippen LogP contribution is -1.80. The van der Waals surface area contributed by atoms with Crippen LogP contribution in [-0.4, -0.2) is 4.98 Å². The van der Waals surface area contributed by atoms with Crippen molar-refractivity contribution in [2.45, 2.75) is 12.8 Å². The Morgan fingerprint density at radius 2 is 2.20 bits per heavy atom. The fourth-order valence-corrected chi connectivity index (χ4v) is 1.68. The lowest BCUT2D eigenvalue weighted by atomic mass is 10.1. The molecule has 0 spiro atoms. The minimum absolute atomic E-state index is 0.267. The molecule has 0 N–H and O–H groups in total. The van der Waals surface area contributed by atoms with E-state index in [2.05, 4.69) is 4.98 Å². The summed E-state index contributed by atoms with van der Waals surface area (Å²) in [7, 11) is 0. The third-order valence-corrected chi connectivity index (χ3v) is 2.86. The molecule has 2 nitrogen and oxygen atoms in total. The summed E-state index contributed by atoms with van der Waals surface area (Å²) in [6, 6.07) is 5.78. The van der Waals surface area contributed by atoms with Crippen LogP contribution in [0.4, 0.5) is 0 Å². The molecule has 1 aromatic heterocycles. The Kier molecular flexibility index (Phi) is 2.98. The van der Waals surface area contributed by atoms with E-state index >= 15 is 0 Å². The summed E-state index contributed by atoms with van der Waals surface area (Å²) in [4.78, 5) is 4.02. The summed E-state index contributed by atoms with van der Waals surface area (Å²) >= 11 is 11.8. The Bertz CT molecular complexity index is 479. The van der Waals surface area contributed by atoms with Gasteiger partial charge in [0.25, 0.3) is 0 Å². The molecule has 1 heterocycles. The van der Waals surface area contributed by atoms with Gasteiger partial charge in [-0.05, 0) is 18.6 Å². The van der Waals surface area contributed by atoms with Gasteiger partial charge in [0.2, 0.25) is 5.89 Å². The van der Waals surface area contributed by atoms with E-state index in [-0.39, 0.29) is 5.88 Å². The molecule has 4 heteroatoms. The highest BCUT2D eigenvalue weighted by molar-refractivity contribution is 6.34. The summed E-state index contributed by atoms with van der Waals surface area (Å²) < 4.78 is 5.43. The zero-order chi connectivity index (χ0) is 10.8. The molecule has 1 aromatic carbocycles. The molecule has 0 aliphatic rings. The minimum Gasteiger partial charge on any atom is -0.439 e. The van der Waals surface area contributed by atoms with Gasteiger partial charge in [0.05, 0.1) is 17.1 Å². The number of nitrogens with zero attached hydrogens (tertiary/aromatic N) is 1. The van der Waals surface area contributed by atoms with Crippen molar-refractivity contribution in [2.24, 2.45) is 0 Å². The maximum atomic E-state index is 6.16. The molecule has 2 aromatic rings. The molecule has 0 amide bonds. The van der Waals surface area contributed by atoms with Crippen molar-refractivity contribution in [1.82, 2.24) is 4.98 Å². The molecular formula is C11H9Cl2NO. The van der Waals surface area contributed by atoms with Crippen LogP contribution in [0.1, 0.15) is 11.5 Å². The summed E-state index contributed by atoms with van der Waals surface area (Å²) in [6.45, 7) is 1.95. The zero-order valence-electron chi connectivity index (χ0n) is 8.13. The molecule has 0 unspecified atom stereocenters. The minimum atomic E-state index is 0.267. The summed E-state index contributed by atoms with van der Waals surface area (Å²) in [6.07, 6.45) is 1.64. The summed E-state index contributed by atoms with van der Waals surface area (Å²) in [5.41, 5.74) is 1.86. The van der Waals surface area contributed by atoms with Crippen LogP contribution in [0.2, 0.25) is 5.02 Å². The molecule has 0 atom stereocenters. The third-order valence-electron chi connectivity index (χ3n) is 2.13. The Balaban J connectivity index is 2.49. The van der Waals surface area contributed by atoms with E-state index in [1.165, 1.54) is 0 Å². The molecule has 0 aliphatic heterocycles. The van der Waals surface area contributed by atoms with Gasteiger partial charge in [-0.1, -0.05) is 23.7 Å². The molecule has 0 radical (unpaired) electrons. The van der Waals surface area contributed by atoms with Crippen LogP contribution in [0.5, 0.6) is 0 Å². The summed E-state index contributed by atoms with van der Waals surface area (Å²) in [5.74, 6) is 1.42. The number of rotatable bonds is 2. The standard InChI is InChI=1S/C11H9Cl2NO/c1-7-3-2-4-8(11(7)13)9-6-14-10(5-12)15-9/h2-4,6H,5H2,1H3. The molecule has 78 valence electrons. The lowest BCUT2D eigenvalue weighted by molar-refractivity contribution is 0.529. The number of aromatic nitrogens is 1. The number of benzene rings is 1. The second kappa shape index (κ2) is 4.25. The van der Waals surface area contributed by atoms with E-state index in [9.17, 15) is 0 Å². The van der Waals surface area contributed by atoms with Crippen LogP contribution in [0.25, 0.3) is 11.3 Å². The Hall–Kier alpha value is -0.990. The Morgan fingerprint density at radius 1 is 1.40 bits per heavy atom. The van der Waals surface area contributed by atoms with Crippen LogP contribution >= 0.6 is 23.2 Å². The highest BCUT2D eigenvalue weighted by atomic mass is 35.5. The van der Waals surface area contributed by atoms with Gasteiger partial charge in [-0.2, -0.15) is 0 Å². The number of hydrogen-bond donors (Lipinski definition) is 0. The number of oxazole rings is 1. The van der Waals surface area contributed by atoms with E-state index in [0.717, 1.165) is 11.1 Å². The van der Waals surface area contributed by atoms with Gasteiger partial charge < -0.3 is 4.42 Å². The third kappa shape index (κ3) is 2.01. The maximum Gasteiger partial charge on any atom is 0.209 e. The van der Waals surface area contributed by atoms with Crippen molar-refractivity contribution in [3.05, 3.63) is 40.9 Å². The van der Waals surface area contributed by atoms with Crippen molar-refractivity contribution in [1.29, 1.82) is 0 Å². The highest BCUT2D eigenvalue weighted by Gasteiger charge is 2.10. The van der Waals surface area contributed by atoms with Crippen LogP contribution in [-0.2, 0) is 5.88 Å². The number of hydrogen-bond acceptors (Lipinski definition) is 2. The van der Waals surface area contributed by atoms with E-state index in [1.807, 2.05) is 25.1 Å². The molecule has 0 bridgehead atoms. The first-order valence-corrected chi connectivity index (χ1v) is 5.40. The van der Waals surface area contributed by atoms with Gasteiger partial charge in [0, 0.05) is 5.56 Å². The number of alkyl halides is 1. The molecule has 0 saturated carbocycles. The normalized spacial score (nSPS) is 10.6. The van der Waals surface area contributed by atoms with Crippen LogP contribution in [0.15, 0.2) is 28.8 Å². The van der Waals surface area contributed by atoms with Gasteiger partial charge in [-0.15, -0.1) is 11.6 Å². The van der Waals surface area contributed by atoms with E-state index in [1.54, 1.807) is 6.20 Å². The summed E-state index contributed by atoms with van der Waals surface area (Å²) in [5, 5.41) is 0.690. The predicted molar refractivity (Wildman–Crippen MR) is 61.2 cm³/mol. The average Bonchev–Trinajstić information content (AvgIpc) is 2.70. The lowest BCUT2D eigenvalue weighted by Gasteiger charge is -2.02. The van der Waals surface area contributed by atoms with E-state index in [0.29, 0.717) is 16.7 Å². The van der Waals surface area contributed by atoms with E-state index < -0.39 is 0 Å². The molecule has 0 saturated heterocycles. The van der Waals surface area contributed by atoms with Gasteiger partial charge in [0.1, 0.15) is 0 Å². The average molecular weight is 242 g/mol. The van der Waals surface area contributed by atoms with Crippen molar-refractivity contribution < 1.29 is 4.42 Å². The first-order valence-electron chi connectivity index (χ1n) is 4.48. The van der Waals surface area contributed by atoms with Crippen molar-refractivity contribution >= 4 is 23.2 Å². The van der Waals surface area contributed by atoms with Gasteiger partial charge in [0.15, 0.2) is 5.76 Å². The molecule has 15 heavy (non-hydrogen) atoms. The zero-order valence-corrected chi connectivity index (χ0v) is 9.64. The first kappa shape index (κ1) is 10.5. The number of halogens is 2. The van der Waals surface area contributed by atoms with Crippen molar-refractivity contribution in [3.8, 4) is 11.3 Å². The largest absolute Gasteiger partial charge is 0.439 e. The van der Waals surface area contributed by atoms with Crippen LogP contribution < -0.4 is 0 Å². The van der Waals surface area contributed by atoms with E-state index in [4.69, 9.17) is 27.6 Å². The monoisotopic (exact) mass is 241 g/mol. The van der Waals surface area contributed by atoms with Crippen molar-refractivity contribution in [3.63, 3.8) is 0 Å². The highest BCUT2D eigenvalue weighted by Crippen LogP contribution is 2.30. The maximum absolute atomic E-state index is 6.16. The quantitative estimate of drug-likeness (QED) is 0.742. The van der Waals surface area contributed by atoms with Gasteiger partial charge >= 0.3 is 0 Å². The molecule has 2 rings (SSSR count). The second-order valence-electron chi connectivity index (χ2n) is 3.19. The molecule has 0 aliphatic carbocycles. The van der Waals surface area contributed by atoms with Gasteiger partial charge in [-0.3, -0.25) is 0 Å². The fourth-order valence-electron chi connectivity index (χ4n) is 1.33. The smallest absolute Gasteiger partial charge is 0.209 e. The van der Waals surface area contributed by atoms with Crippen LogP contribution in [0, 0.1) is 6.92 Å². The second-order valence-corrected chi connectivity index (χ2v) is 3.83. The molecule has 0 fully saturated rings. The predicted octanol–water partition coefficient (Wildman–Crippen LogP) is 4.04. The fraction of sp³-hybridized carbons (Fsp3) is 0.182. The Labute approximate surface area is 97.8 Å². The van der Waals surface area contributed by atoms with Crippen LogP contribution in [0.3, 0.4) is 0 Å². The van der Waals surface area contributed by atoms with Gasteiger partial charge in [-0.25, -0.2) is 4.98 Å². The number of aryl methyl sites for hydroxylation is 1. The SMILES string of the molecule is Cc1cccc(-c2cnc(CCl)o2)c1Cl. The molecular weight excluding hydrogens is 233 g/mol. The topological polar surface area (TPSA) is 26.0 Å².